The molecule has 2 heterocycles. The van der Waals surface area contributed by atoms with Gasteiger partial charge in [-0.3, -0.25) is 9.78 Å². The first-order valence-corrected chi connectivity index (χ1v) is 11.2. The van der Waals surface area contributed by atoms with E-state index in [9.17, 15) is 4.79 Å². The third-order valence-corrected chi connectivity index (χ3v) is 6.01. The fourth-order valence-corrected chi connectivity index (χ4v) is 4.29. The molecule has 0 saturated carbocycles. The molecule has 32 heavy (non-hydrogen) atoms. The molecule has 5 rings (SSSR count). The van der Waals surface area contributed by atoms with Crippen LogP contribution in [0.15, 0.2) is 59.1 Å². The molecule has 0 fully saturated rings. The van der Waals surface area contributed by atoms with Crippen LogP contribution in [0.3, 0.4) is 0 Å². The first kappa shape index (κ1) is 20.5. The van der Waals surface area contributed by atoms with Gasteiger partial charge in [0.05, 0.1) is 5.52 Å². The minimum Gasteiger partial charge on any atom is -0.382 e. The summed E-state index contributed by atoms with van der Waals surface area (Å²) >= 11 is 5.92. The minimum absolute atomic E-state index is 0.252. The number of aromatic nitrogens is 2. The summed E-state index contributed by atoms with van der Waals surface area (Å²) < 4.78 is 5.32. The van der Waals surface area contributed by atoms with E-state index in [0.717, 1.165) is 35.0 Å². The highest BCUT2D eigenvalue weighted by Crippen LogP contribution is 2.33. The van der Waals surface area contributed by atoms with Crippen molar-refractivity contribution in [3.05, 3.63) is 76.6 Å². The van der Waals surface area contributed by atoms with E-state index in [1.807, 2.05) is 24.3 Å². The lowest BCUT2D eigenvalue weighted by Gasteiger charge is -2.21. The molecule has 2 aromatic carbocycles. The van der Waals surface area contributed by atoms with Gasteiger partial charge in [0, 0.05) is 46.5 Å². The van der Waals surface area contributed by atoms with Gasteiger partial charge in [0.1, 0.15) is 0 Å². The normalized spacial score (nSPS) is 13.0. The number of fused-ring (bicyclic) bond motifs is 2. The molecule has 7 heteroatoms. The second-order valence-electron chi connectivity index (χ2n) is 7.90. The zero-order chi connectivity index (χ0) is 21.9. The van der Waals surface area contributed by atoms with Crippen molar-refractivity contribution in [1.82, 2.24) is 15.5 Å². The summed E-state index contributed by atoms with van der Waals surface area (Å²) in [5.41, 5.74) is 5.73. The smallest absolute Gasteiger partial charge is 0.273 e. The van der Waals surface area contributed by atoms with E-state index in [1.54, 1.807) is 18.2 Å². The molecule has 2 aromatic heterocycles. The Hall–Kier alpha value is -3.38. The Kier molecular flexibility index (Phi) is 5.77. The van der Waals surface area contributed by atoms with Crippen LogP contribution >= 0.6 is 11.6 Å². The number of para-hydroxylation sites is 1. The lowest BCUT2D eigenvalue weighted by atomic mass is 9.92. The van der Waals surface area contributed by atoms with Gasteiger partial charge in [-0.2, -0.15) is 0 Å². The molecule has 1 amide bonds. The van der Waals surface area contributed by atoms with E-state index in [0.29, 0.717) is 23.9 Å². The van der Waals surface area contributed by atoms with Gasteiger partial charge >= 0.3 is 0 Å². The maximum Gasteiger partial charge on any atom is 0.273 e. The molecule has 1 aliphatic rings. The number of benzene rings is 2. The molecule has 162 valence electrons. The van der Waals surface area contributed by atoms with Gasteiger partial charge in [0.2, 0.25) is 0 Å². The number of halogens is 1. The second kappa shape index (κ2) is 9.01. The van der Waals surface area contributed by atoms with E-state index in [2.05, 4.69) is 27.9 Å². The van der Waals surface area contributed by atoms with Crippen LogP contribution < -0.4 is 10.6 Å². The summed E-state index contributed by atoms with van der Waals surface area (Å²) in [6.07, 6.45) is 4.42. The van der Waals surface area contributed by atoms with Crippen molar-refractivity contribution in [1.29, 1.82) is 0 Å². The van der Waals surface area contributed by atoms with Crippen LogP contribution in [0.25, 0.3) is 22.2 Å². The summed E-state index contributed by atoms with van der Waals surface area (Å²) in [4.78, 5) is 17.4. The third-order valence-electron chi connectivity index (χ3n) is 5.75. The topological polar surface area (TPSA) is 80.0 Å². The van der Waals surface area contributed by atoms with E-state index in [-0.39, 0.29) is 11.6 Å². The van der Waals surface area contributed by atoms with Crippen LogP contribution in [0.4, 0.5) is 5.69 Å². The summed E-state index contributed by atoms with van der Waals surface area (Å²) in [5, 5.41) is 12.1. The van der Waals surface area contributed by atoms with E-state index in [4.69, 9.17) is 21.1 Å². The Labute approximate surface area is 191 Å². The van der Waals surface area contributed by atoms with Crippen molar-refractivity contribution >= 4 is 34.1 Å². The van der Waals surface area contributed by atoms with Crippen LogP contribution in [0.1, 0.15) is 34.6 Å². The first-order chi connectivity index (χ1) is 15.7. The molecule has 6 nitrogen and oxygen atoms in total. The van der Waals surface area contributed by atoms with Crippen LogP contribution in [0, 0.1) is 0 Å². The largest absolute Gasteiger partial charge is 0.382 e. The lowest BCUT2D eigenvalue weighted by molar-refractivity contribution is 0.0946. The lowest BCUT2D eigenvalue weighted by Crippen LogP contribution is -2.29. The fraction of sp³-hybridized carbons (Fsp3) is 0.240. The number of amides is 1. The molecule has 1 aliphatic carbocycles. The Morgan fingerprint density at radius 1 is 1.03 bits per heavy atom. The van der Waals surface area contributed by atoms with E-state index >= 15 is 0 Å². The summed E-state index contributed by atoms with van der Waals surface area (Å²) in [7, 11) is 0. The third kappa shape index (κ3) is 4.18. The highest BCUT2D eigenvalue weighted by molar-refractivity contribution is 6.30. The van der Waals surface area contributed by atoms with Gasteiger partial charge in [-0.25, -0.2) is 0 Å². The number of aryl methyl sites for hydroxylation is 1. The van der Waals surface area contributed by atoms with Crippen LogP contribution in [-0.2, 0) is 12.8 Å². The maximum atomic E-state index is 12.5. The van der Waals surface area contributed by atoms with Gasteiger partial charge in [0.25, 0.3) is 5.91 Å². The molecule has 0 atom stereocenters. The molecule has 0 saturated heterocycles. The number of hydrogen-bond acceptors (Lipinski definition) is 5. The van der Waals surface area contributed by atoms with Crippen LogP contribution in [0.2, 0.25) is 5.02 Å². The summed E-state index contributed by atoms with van der Waals surface area (Å²) in [5.74, 6) is 0.261. The van der Waals surface area contributed by atoms with Gasteiger partial charge < -0.3 is 15.2 Å². The number of nitrogens with zero attached hydrogens (tertiary/aromatic N) is 2. The summed E-state index contributed by atoms with van der Waals surface area (Å²) in [6, 6.07) is 17.0. The van der Waals surface area contributed by atoms with Crippen molar-refractivity contribution in [2.75, 3.05) is 18.4 Å². The predicted octanol–water partition coefficient (Wildman–Crippen LogP) is 5.26. The molecule has 0 spiro atoms. The molecular formula is C25H23ClN4O2. The van der Waals surface area contributed by atoms with Gasteiger partial charge in [-0.15, -0.1) is 0 Å². The first-order valence-electron chi connectivity index (χ1n) is 10.8. The van der Waals surface area contributed by atoms with Crippen molar-refractivity contribution in [2.45, 2.75) is 25.7 Å². The fourth-order valence-electron chi connectivity index (χ4n) is 4.16. The Morgan fingerprint density at radius 2 is 1.84 bits per heavy atom. The highest BCUT2D eigenvalue weighted by Gasteiger charge is 2.18. The quantitative estimate of drug-likeness (QED) is 0.395. The number of anilines is 1. The standard InChI is InChI=1S/C25H23ClN4O2/c26-17-11-9-16(10-12-17)23-15-22(30-32-23)25(31)28-14-13-27-24-18-5-1-3-7-20(18)29-21-8-4-2-6-19(21)24/h1,3,5,7,9-12,15H,2,4,6,8,13-14H2,(H,27,29)(H,28,31). The van der Waals surface area contributed by atoms with Crippen molar-refractivity contribution in [3.8, 4) is 11.3 Å². The highest BCUT2D eigenvalue weighted by atomic mass is 35.5. The number of nitrogens with one attached hydrogen (secondary N) is 2. The SMILES string of the molecule is O=C(NCCNc1c2c(nc3ccccc13)CCCC2)c1cc(-c2ccc(Cl)cc2)on1. The minimum atomic E-state index is -0.266. The molecule has 0 radical (unpaired) electrons. The van der Waals surface area contributed by atoms with Crippen LogP contribution in [0.5, 0.6) is 0 Å². The number of hydrogen-bond donors (Lipinski definition) is 2. The zero-order valence-corrected chi connectivity index (χ0v) is 18.3. The van der Waals surface area contributed by atoms with Gasteiger partial charge in [-0.05, 0) is 61.6 Å². The molecular weight excluding hydrogens is 424 g/mol. The van der Waals surface area contributed by atoms with Gasteiger partial charge in [0.15, 0.2) is 11.5 Å². The zero-order valence-electron chi connectivity index (χ0n) is 17.5. The van der Waals surface area contributed by atoms with E-state index < -0.39 is 0 Å². The molecule has 0 unspecified atom stereocenters. The monoisotopic (exact) mass is 446 g/mol. The molecule has 4 aromatic rings. The van der Waals surface area contributed by atoms with Crippen molar-refractivity contribution in [3.63, 3.8) is 0 Å². The molecule has 2 N–H and O–H groups in total. The average molecular weight is 447 g/mol. The molecule has 0 bridgehead atoms. The van der Waals surface area contributed by atoms with Crippen molar-refractivity contribution < 1.29 is 9.32 Å². The maximum absolute atomic E-state index is 12.5. The van der Waals surface area contributed by atoms with Crippen molar-refractivity contribution in [2.24, 2.45) is 0 Å². The molecule has 0 aliphatic heterocycles. The number of rotatable bonds is 6. The summed E-state index contributed by atoms with van der Waals surface area (Å²) in [6.45, 7) is 1.07. The van der Waals surface area contributed by atoms with E-state index in [1.165, 1.54) is 24.1 Å². The average Bonchev–Trinajstić information content (AvgIpc) is 3.32. The second-order valence-corrected chi connectivity index (χ2v) is 8.34. The number of carbonyl (C=O) groups excluding carboxylic acids is 1. The Bertz CT molecular complexity index is 1270. The Balaban J connectivity index is 1.24. The Morgan fingerprint density at radius 3 is 2.72 bits per heavy atom. The van der Waals surface area contributed by atoms with Gasteiger partial charge in [-0.1, -0.05) is 35.0 Å². The predicted molar refractivity (Wildman–Crippen MR) is 126 cm³/mol. The van der Waals surface area contributed by atoms with Crippen LogP contribution in [-0.4, -0.2) is 29.1 Å². The number of pyridine rings is 1. The number of carbonyl (C=O) groups is 1.